The molecule has 0 aliphatic carbocycles. The second-order valence-corrected chi connectivity index (χ2v) is 4.69. The highest BCUT2D eigenvalue weighted by molar-refractivity contribution is 6.03. The number of carbonyl (C=O) groups excluding carboxylic acids is 3. The smallest absolute Gasteiger partial charge is 0.251 e. The van der Waals surface area contributed by atoms with E-state index in [1.807, 2.05) is 0 Å². The maximum atomic E-state index is 11.9. The van der Waals surface area contributed by atoms with E-state index in [1.165, 1.54) is 7.05 Å². The zero-order valence-electron chi connectivity index (χ0n) is 10.6. The van der Waals surface area contributed by atoms with E-state index in [2.05, 4.69) is 10.6 Å². The number of imide groups is 1. The fourth-order valence-electron chi connectivity index (χ4n) is 1.99. The topological polar surface area (TPSA) is 78.5 Å². The molecule has 3 amide bonds. The van der Waals surface area contributed by atoms with Crippen LogP contribution in [0.4, 0.5) is 0 Å². The summed E-state index contributed by atoms with van der Waals surface area (Å²) < 4.78 is 0. The SMILES string of the molecule is CC(C(=O)NC1CCC(=O)N(C)C1=O)=C1CNC1. The first-order valence-corrected chi connectivity index (χ1v) is 6.01. The van der Waals surface area contributed by atoms with Gasteiger partial charge in [-0.2, -0.15) is 0 Å². The molecule has 98 valence electrons. The van der Waals surface area contributed by atoms with E-state index >= 15 is 0 Å². The van der Waals surface area contributed by atoms with Gasteiger partial charge < -0.3 is 10.6 Å². The molecule has 0 aromatic rings. The highest BCUT2D eigenvalue weighted by atomic mass is 16.2. The fourth-order valence-corrected chi connectivity index (χ4v) is 1.99. The van der Waals surface area contributed by atoms with Crippen LogP contribution in [0.2, 0.25) is 0 Å². The van der Waals surface area contributed by atoms with Crippen molar-refractivity contribution in [3.05, 3.63) is 11.1 Å². The van der Waals surface area contributed by atoms with Gasteiger partial charge in [-0.3, -0.25) is 19.3 Å². The predicted molar refractivity (Wildman–Crippen MR) is 64.5 cm³/mol. The summed E-state index contributed by atoms with van der Waals surface area (Å²) in [6.45, 7) is 3.22. The largest absolute Gasteiger partial charge is 0.340 e. The van der Waals surface area contributed by atoms with Gasteiger partial charge >= 0.3 is 0 Å². The minimum Gasteiger partial charge on any atom is -0.340 e. The van der Waals surface area contributed by atoms with Crippen molar-refractivity contribution in [1.82, 2.24) is 15.5 Å². The Morgan fingerprint density at radius 2 is 2.06 bits per heavy atom. The van der Waals surface area contributed by atoms with Crippen molar-refractivity contribution in [3.63, 3.8) is 0 Å². The summed E-state index contributed by atoms with van der Waals surface area (Å²) in [5, 5.41) is 5.77. The van der Waals surface area contributed by atoms with E-state index in [-0.39, 0.29) is 17.7 Å². The average molecular weight is 251 g/mol. The first-order valence-electron chi connectivity index (χ1n) is 6.01. The van der Waals surface area contributed by atoms with E-state index in [0.717, 1.165) is 23.6 Å². The molecular formula is C12H17N3O3. The van der Waals surface area contributed by atoms with Crippen molar-refractivity contribution in [2.45, 2.75) is 25.8 Å². The number of hydrogen-bond acceptors (Lipinski definition) is 4. The summed E-state index contributed by atoms with van der Waals surface area (Å²) in [7, 11) is 1.45. The summed E-state index contributed by atoms with van der Waals surface area (Å²) in [5.74, 6) is -0.736. The third kappa shape index (κ3) is 2.28. The van der Waals surface area contributed by atoms with Crippen LogP contribution >= 0.6 is 0 Å². The maximum Gasteiger partial charge on any atom is 0.251 e. The Bertz CT molecular complexity index is 436. The second kappa shape index (κ2) is 4.89. The van der Waals surface area contributed by atoms with Crippen LogP contribution in [0.5, 0.6) is 0 Å². The Hall–Kier alpha value is -1.69. The van der Waals surface area contributed by atoms with Crippen molar-refractivity contribution in [2.24, 2.45) is 0 Å². The van der Waals surface area contributed by atoms with Crippen molar-refractivity contribution in [3.8, 4) is 0 Å². The van der Waals surface area contributed by atoms with Crippen molar-refractivity contribution < 1.29 is 14.4 Å². The lowest BCUT2D eigenvalue weighted by molar-refractivity contribution is -0.149. The number of nitrogens with zero attached hydrogens (tertiary/aromatic N) is 1. The first-order chi connectivity index (χ1) is 8.50. The number of amides is 3. The molecule has 2 aliphatic rings. The van der Waals surface area contributed by atoms with E-state index in [9.17, 15) is 14.4 Å². The summed E-state index contributed by atoms with van der Waals surface area (Å²) >= 11 is 0. The number of likely N-dealkylation sites (N-methyl/N-ethyl adjacent to an activating group) is 1. The van der Waals surface area contributed by atoms with Gasteiger partial charge in [0.2, 0.25) is 11.8 Å². The number of hydrogen-bond donors (Lipinski definition) is 2. The Morgan fingerprint density at radius 1 is 1.39 bits per heavy atom. The van der Waals surface area contributed by atoms with E-state index in [4.69, 9.17) is 0 Å². The molecule has 0 bridgehead atoms. The molecule has 1 atom stereocenters. The molecule has 2 N–H and O–H groups in total. The van der Waals surface area contributed by atoms with Gasteiger partial charge in [-0.05, 0) is 18.9 Å². The molecule has 0 saturated carbocycles. The van der Waals surface area contributed by atoms with Crippen LogP contribution < -0.4 is 10.6 Å². The quantitative estimate of drug-likeness (QED) is 0.496. The van der Waals surface area contributed by atoms with Crippen molar-refractivity contribution in [1.29, 1.82) is 0 Å². The van der Waals surface area contributed by atoms with Crippen LogP contribution in [0, 0.1) is 0 Å². The van der Waals surface area contributed by atoms with Crippen molar-refractivity contribution in [2.75, 3.05) is 20.1 Å². The van der Waals surface area contributed by atoms with Crippen LogP contribution in [-0.2, 0) is 14.4 Å². The standard InChI is InChI=1S/C12H17N3O3/c1-7(8-5-13-6-8)11(17)14-9-3-4-10(16)15(2)12(9)18/h9,13H,3-6H2,1-2H3,(H,14,17). The van der Waals surface area contributed by atoms with Crippen molar-refractivity contribution >= 4 is 17.7 Å². The highest BCUT2D eigenvalue weighted by Crippen LogP contribution is 2.13. The van der Waals surface area contributed by atoms with Crippen LogP contribution in [0.25, 0.3) is 0 Å². The lowest BCUT2D eigenvalue weighted by atomic mass is 10.0. The number of rotatable bonds is 2. The molecule has 2 fully saturated rings. The van der Waals surface area contributed by atoms with Crippen LogP contribution in [0.1, 0.15) is 19.8 Å². The Balaban J connectivity index is 1.99. The predicted octanol–water partition coefficient (Wildman–Crippen LogP) is -0.830. The van der Waals surface area contributed by atoms with E-state index in [1.54, 1.807) is 6.92 Å². The molecule has 2 saturated heterocycles. The number of piperidine rings is 1. The molecule has 2 rings (SSSR count). The molecule has 2 aliphatic heterocycles. The van der Waals surface area contributed by atoms with Crippen LogP contribution in [-0.4, -0.2) is 48.8 Å². The highest BCUT2D eigenvalue weighted by Gasteiger charge is 2.33. The Kier molecular flexibility index (Phi) is 3.47. The van der Waals surface area contributed by atoms with Gasteiger partial charge in [0.05, 0.1) is 0 Å². The second-order valence-electron chi connectivity index (χ2n) is 4.69. The van der Waals surface area contributed by atoms with E-state index in [0.29, 0.717) is 18.4 Å². The third-order valence-corrected chi connectivity index (χ3v) is 3.50. The van der Waals surface area contributed by atoms with Gasteiger partial charge in [0.1, 0.15) is 6.04 Å². The molecule has 1 unspecified atom stereocenters. The Morgan fingerprint density at radius 3 is 2.61 bits per heavy atom. The minimum atomic E-state index is -0.580. The van der Waals surface area contributed by atoms with Gasteiger partial charge in [-0.25, -0.2) is 0 Å². The minimum absolute atomic E-state index is 0.191. The molecule has 18 heavy (non-hydrogen) atoms. The zero-order chi connectivity index (χ0) is 13.3. The van der Waals surface area contributed by atoms with Crippen LogP contribution in [0.3, 0.4) is 0 Å². The monoisotopic (exact) mass is 251 g/mol. The third-order valence-electron chi connectivity index (χ3n) is 3.50. The maximum absolute atomic E-state index is 11.9. The van der Waals surface area contributed by atoms with Gasteiger partial charge in [-0.1, -0.05) is 0 Å². The van der Waals surface area contributed by atoms with Gasteiger partial charge in [0.25, 0.3) is 5.91 Å². The number of nitrogens with one attached hydrogen (secondary N) is 2. The molecule has 2 heterocycles. The van der Waals surface area contributed by atoms with Gasteiger partial charge in [-0.15, -0.1) is 0 Å². The fraction of sp³-hybridized carbons (Fsp3) is 0.583. The summed E-state index contributed by atoms with van der Waals surface area (Å²) in [4.78, 5) is 36.1. The normalized spacial score (nSPS) is 23.8. The van der Waals surface area contributed by atoms with E-state index < -0.39 is 6.04 Å². The summed E-state index contributed by atoms with van der Waals surface area (Å²) in [5.41, 5.74) is 1.74. The lowest BCUT2D eigenvalue weighted by Gasteiger charge is -2.29. The molecule has 0 radical (unpaired) electrons. The molecule has 0 aromatic carbocycles. The van der Waals surface area contributed by atoms with Crippen LogP contribution in [0.15, 0.2) is 11.1 Å². The average Bonchev–Trinajstić information content (AvgIpc) is 2.27. The molecule has 6 nitrogen and oxygen atoms in total. The van der Waals surface area contributed by atoms with Gasteiger partial charge in [0.15, 0.2) is 0 Å². The zero-order valence-corrected chi connectivity index (χ0v) is 10.6. The van der Waals surface area contributed by atoms with Gasteiger partial charge in [0, 0.05) is 32.1 Å². The summed E-state index contributed by atoms with van der Waals surface area (Å²) in [6.07, 6.45) is 0.680. The molecule has 0 spiro atoms. The Labute approximate surface area is 105 Å². The lowest BCUT2D eigenvalue weighted by Crippen LogP contribution is -2.53. The molecule has 0 aromatic heterocycles. The summed E-state index contributed by atoms with van der Waals surface area (Å²) in [6, 6.07) is -0.580. The molecular weight excluding hydrogens is 234 g/mol. The first kappa shape index (κ1) is 12.8. The number of likely N-dealkylation sites (tertiary alicyclic amines) is 1. The molecule has 6 heteroatoms. The number of carbonyl (C=O) groups is 3.